The number of hydrogen-bond donors (Lipinski definition) is 1. The second-order valence-electron chi connectivity index (χ2n) is 3.31. The molecular formula is C11H11N3O2. The SMILES string of the molecule is CCc1cc(C(=O)O)cc(-n2cccn2)n1. The fourth-order valence-corrected chi connectivity index (χ4v) is 1.40. The van der Waals surface area contributed by atoms with Crippen LogP contribution in [-0.4, -0.2) is 25.8 Å². The summed E-state index contributed by atoms with van der Waals surface area (Å²) in [7, 11) is 0. The van der Waals surface area contributed by atoms with Crippen LogP contribution in [0.5, 0.6) is 0 Å². The predicted molar refractivity (Wildman–Crippen MR) is 57.7 cm³/mol. The first-order valence-corrected chi connectivity index (χ1v) is 4.95. The maximum atomic E-state index is 10.9. The van der Waals surface area contributed by atoms with Crippen molar-refractivity contribution < 1.29 is 9.90 Å². The summed E-state index contributed by atoms with van der Waals surface area (Å²) in [6, 6.07) is 4.85. The van der Waals surface area contributed by atoms with Gasteiger partial charge in [0.25, 0.3) is 0 Å². The van der Waals surface area contributed by atoms with E-state index in [2.05, 4.69) is 10.1 Å². The molecule has 0 fully saturated rings. The maximum absolute atomic E-state index is 10.9. The van der Waals surface area contributed by atoms with Crippen LogP contribution < -0.4 is 0 Å². The number of aromatic carboxylic acids is 1. The van der Waals surface area contributed by atoms with Crippen molar-refractivity contribution in [1.29, 1.82) is 0 Å². The molecule has 0 spiro atoms. The maximum Gasteiger partial charge on any atom is 0.335 e. The number of aromatic nitrogens is 3. The highest BCUT2D eigenvalue weighted by Gasteiger charge is 2.08. The van der Waals surface area contributed by atoms with E-state index in [0.29, 0.717) is 12.2 Å². The van der Waals surface area contributed by atoms with Crippen molar-refractivity contribution in [2.75, 3.05) is 0 Å². The molecule has 0 unspecified atom stereocenters. The average Bonchev–Trinajstić information content (AvgIpc) is 2.81. The molecule has 16 heavy (non-hydrogen) atoms. The van der Waals surface area contributed by atoms with E-state index in [1.54, 1.807) is 29.2 Å². The van der Waals surface area contributed by atoms with Gasteiger partial charge in [-0.05, 0) is 24.6 Å². The Hall–Kier alpha value is -2.17. The molecule has 82 valence electrons. The molecule has 0 saturated heterocycles. The van der Waals surface area contributed by atoms with Crippen LogP contribution in [0.3, 0.4) is 0 Å². The van der Waals surface area contributed by atoms with Crippen molar-refractivity contribution in [2.24, 2.45) is 0 Å². The zero-order valence-corrected chi connectivity index (χ0v) is 8.79. The van der Waals surface area contributed by atoms with E-state index in [-0.39, 0.29) is 5.56 Å². The Labute approximate surface area is 92.4 Å². The van der Waals surface area contributed by atoms with E-state index >= 15 is 0 Å². The topological polar surface area (TPSA) is 68.0 Å². The monoisotopic (exact) mass is 217 g/mol. The number of carboxylic acid groups (broad SMARTS) is 1. The molecule has 2 aromatic heterocycles. The smallest absolute Gasteiger partial charge is 0.335 e. The van der Waals surface area contributed by atoms with Gasteiger partial charge in [-0.2, -0.15) is 5.10 Å². The number of pyridine rings is 1. The third-order valence-corrected chi connectivity index (χ3v) is 2.21. The zero-order valence-electron chi connectivity index (χ0n) is 8.79. The van der Waals surface area contributed by atoms with Crippen molar-refractivity contribution in [3.63, 3.8) is 0 Å². The first-order valence-electron chi connectivity index (χ1n) is 4.95. The van der Waals surface area contributed by atoms with Gasteiger partial charge in [-0.25, -0.2) is 14.5 Å². The third kappa shape index (κ3) is 1.93. The Balaban J connectivity index is 2.53. The lowest BCUT2D eigenvalue weighted by molar-refractivity contribution is 0.0696. The molecule has 5 nitrogen and oxygen atoms in total. The Morgan fingerprint density at radius 3 is 2.88 bits per heavy atom. The normalized spacial score (nSPS) is 10.3. The van der Waals surface area contributed by atoms with Gasteiger partial charge in [0.2, 0.25) is 0 Å². The molecule has 2 rings (SSSR count). The summed E-state index contributed by atoms with van der Waals surface area (Å²) < 4.78 is 1.55. The van der Waals surface area contributed by atoms with Crippen LogP contribution >= 0.6 is 0 Å². The molecule has 0 radical (unpaired) electrons. The van der Waals surface area contributed by atoms with Gasteiger partial charge in [-0.1, -0.05) is 6.92 Å². The molecule has 1 N–H and O–H groups in total. The van der Waals surface area contributed by atoms with Crippen LogP contribution in [0.25, 0.3) is 5.82 Å². The van der Waals surface area contributed by atoms with Crippen LogP contribution in [0.4, 0.5) is 0 Å². The molecule has 5 heteroatoms. The van der Waals surface area contributed by atoms with Crippen molar-refractivity contribution in [3.8, 4) is 5.82 Å². The molecular weight excluding hydrogens is 206 g/mol. The van der Waals surface area contributed by atoms with Gasteiger partial charge >= 0.3 is 5.97 Å². The fraction of sp³-hybridized carbons (Fsp3) is 0.182. The fourth-order valence-electron chi connectivity index (χ4n) is 1.40. The number of carboxylic acids is 1. The van der Waals surface area contributed by atoms with Crippen molar-refractivity contribution in [2.45, 2.75) is 13.3 Å². The number of aryl methyl sites for hydroxylation is 1. The molecule has 0 amide bonds. The van der Waals surface area contributed by atoms with Gasteiger partial charge in [0.1, 0.15) is 0 Å². The third-order valence-electron chi connectivity index (χ3n) is 2.21. The van der Waals surface area contributed by atoms with Gasteiger partial charge in [-0.15, -0.1) is 0 Å². The van der Waals surface area contributed by atoms with E-state index in [0.717, 1.165) is 5.69 Å². The Kier molecular flexibility index (Phi) is 2.68. The van der Waals surface area contributed by atoms with Crippen LogP contribution in [-0.2, 0) is 6.42 Å². The molecule has 2 heterocycles. The standard InChI is InChI=1S/C11H11N3O2/c1-2-9-6-8(11(15)16)7-10(13-9)14-5-3-4-12-14/h3-7H,2H2,1H3,(H,15,16). The minimum Gasteiger partial charge on any atom is -0.478 e. The molecule has 0 bridgehead atoms. The van der Waals surface area contributed by atoms with Gasteiger partial charge in [0.05, 0.1) is 5.56 Å². The van der Waals surface area contributed by atoms with E-state index in [4.69, 9.17) is 5.11 Å². The molecule has 0 saturated carbocycles. The predicted octanol–water partition coefficient (Wildman–Crippen LogP) is 1.53. The molecule has 0 aliphatic carbocycles. The zero-order chi connectivity index (χ0) is 11.5. The van der Waals surface area contributed by atoms with Crippen LogP contribution in [0.1, 0.15) is 23.0 Å². The first kappa shape index (κ1) is 10.4. The summed E-state index contributed by atoms with van der Waals surface area (Å²) >= 11 is 0. The number of nitrogens with zero attached hydrogens (tertiary/aromatic N) is 3. The first-order chi connectivity index (χ1) is 7.70. The lowest BCUT2D eigenvalue weighted by atomic mass is 10.2. The molecule has 0 atom stereocenters. The van der Waals surface area contributed by atoms with E-state index in [9.17, 15) is 4.79 Å². The highest BCUT2D eigenvalue weighted by molar-refractivity contribution is 5.88. The summed E-state index contributed by atoms with van der Waals surface area (Å²) in [6.45, 7) is 1.93. The Bertz CT molecular complexity index is 506. The van der Waals surface area contributed by atoms with Crippen molar-refractivity contribution in [1.82, 2.24) is 14.8 Å². The molecule has 0 aliphatic rings. The highest BCUT2D eigenvalue weighted by Crippen LogP contribution is 2.10. The van der Waals surface area contributed by atoms with E-state index < -0.39 is 5.97 Å². The van der Waals surface area contributed by atoms with Crippen molar-refractivity contribution >= 4 is 5.97 Å². The second kappa shape index (κ2) is 4.14. The van der Waals surface area contributed by atoms with E-state index in [1.807, 2.05) is 6.92 Å². The number of carbonyl (C=O) groups is 1. The molecule has 2 aromatic rings. The average molecular weight is 217 g/mol. The van der Waals surface area contributed by atoms with Crippen LogP contribution in [0.2, 0.25) is 0 Å². The Morgan fingerprint density at radius 2 is 2.31 bits per heavy atom. The number of rotatable bonds is 3. The summed E-state index contributed by atoms with van der Waals surface area (Å²) in [4.78, 5) is 15.2. The minimum atomic E-state index is -0.953. The lowest BCUT2D eigenvalue weighted by Gasteiger charge is -2.05. The highest BCUT2D eigenvalue weighted by atomic mass is 16.4. The van der Waals surface area contributed by atoms with Crippen LogP contribution in [0.15, 0.2) is 30.6 Å². The molecule has 0 aliphatic heterocycles. The van der Waals surface area contributed by atoms with Crippen LogP contribution in [0, 0.1) is 0 Å². The van der Waals surface area contributed by atoms with E-state index in [1.165, 1.54) is 6.07 Å². The van der Waals surface area contributed by atoms with Gasteiger partial charge in [0, 0.05) is 18.1 Å². The second-order valence-corrected chi connectivity index (χ2v) is 3.31. The largest absolute Gasteiger partial charge is 0.478 e. The van der Waals surface area contributed by atoms with Gasteiger partial charge in [-0.3, -0.25) is 0 Å². The molecule has 0 aromatic carbocycles. The summed E-state index contributed by atoms with van der Waals surface area (Å²) in [5.74, 6) is -0.424. The summed E-state index contributed by atoms with van der Waals surface area (Å²) in [5.41, 5.74) is 0.975. The number of hydrogen-bond acceptors (Lipinski definition) is 3. The summed E-state index contributed by atoms with van der Waals surface area (Å²) in [6.07, 6.45) is 4.05. The summed E-state index contributed by atoms with van der Waals surface area (Å²) in [5, 5.41) is 13.0. The minimum absolute atomic E-state index is 0.234. The quantitative estimate of drug-likeness (QED) is 0.846. The Morgan fingerprint density at radius 1 is 1.50 bits per heavy atom. The van der Waals surface area contributed by atoms with Crippen molar-refractivity contribution in [3.05, 3.63) is 41.9 Å². The van der Waals surface area contributed by atoms with Gasteiger partial charge in [0.15, 0.2) is 5.82 Å². The lowest BCUT2D eigenvalue weighted by Crippen LogP contribution is -2.05. The van der Waals surface area contributed by atoms with Gasteiger partial charge < -0.3 is 5.11 Å².